The fraction of sp³-hybridized carbons (Fsp3) is 0.103. The highest BCUT2D eigenvalue weighted by Gasteiger charge is 2.46. The molecule has 0 atom stereocenters. The van der Waals surface area contributed by atoms with Gasteiger partial charge in [0.05, 0.1) is 33.8 Å². The lowest BCUT2D eigenvalue weighted by Crippen LogP contribution is -2.35. The van der Waals surface area contributed by atoms with Crippen LogP contribution < -0.4 is 5.32 Å². The van der Waals surface area contributed by atoms with E-state index < -0.39 is 11.5 Å². The standard InChI is InChI=1S/C39H29N3O3/c40-24-27-5-4-8-31(21-27)33-22-32-17-20-42(25-26-9-11-29(12-10-26)28-6-2-1-3-7-28)36(32)35(23-33)37(43)41-39(18-19-39)34-15-13-30(14-16-34)38(44)45/h1-17,20-23H,18-19,25H2,(H,41,43)(H,44,45). The molecule has 1 aliphatic rings. The van der Waals surface area contributed by atoms with E-state index >= 15 is 0 Å². The van der Waals surface area contributed by atoms with E-state index in [0.29, 0.717) is 17.7 Å². The molecule has 0 saturated heterocycles. The average Bonchev–Trinajstić information content (AvgIpc) is 3.76. The summed E-state index contributed by atoms with van der Waals surface area (Å²) < 4.78 is 2.11. The molecule has 5 aromatic carbocycles. The highest BCUT2D eigenvalue weighted by Crippen LogP contribution is 2.46. The molecule has 1 saturated carbocycles. The van der Waals surface area contributed by atoms with Crippen molar-refractivity contribution in [2.75, 3.05) is 0 Å². The van der Waals surface area contributed by atoms with Gasteiger partial charge in [-0.05, 0) is 88.7 Å². The van der Waals surface area contributed by atoms with Crippen molar-refractivity contribution in [2.24, 2.45) is 0 Å². The van der Waals surface area contributed by atoms with Crippen molar-refractivity contribution in [1.29, 1.82) is 5.26 Å². The maximum atomic E-state index is 14.2. The second kappa shape index (κ2) is 11.3. The van der Waals surface area contributed by atoms with Crippen molar-refractivity contribution in [2.45, 2.75) is 24.9 Å². The highest BCUT2D eigenvalue weighted by molar-refractivity contribution is 6.08. The summed E-state index contributed by atoms with van der Waals surface area (Å²) in [5.74, 6) is -1.18. The molecule has 0 radical (unpaired) electrons. The molecule has 1 aromatic heterocycles. The number of fused-ring (bicyclic) bond motifs is 1. The van der Waals surface area contributed by atoms with E-state index in [4.69, 9.17) is 0 Å². The maximum Gasteiger partial charge on any atom is 0.335 e. The van der Waals surface area contributed by atoms with Crippen LogP contribution in [-0.2, 0) is 12.1 Å². The SMILES string of the molecule is N#Cc1cccc(-c2cc(C(=O)NC3(c4ccc(C(=O)O)cc4)CC3)c3c(ccn3Cc3ccc(-c4ccccc4)cc3)c2)c1. The Kier molecular flexibility index (Phi) is 6.99. The number of rotatable bonds is 8. The van der Waals surface area contributed by atoms with Gasteiger partial charge in [0.2, 0.25) is 0 Å². The molecule has 1 heterocycles. The Morgan fingerprint density at radius 3 is 2.18 bits per heavy atom. The zero-order valence-corrected chi connectivity index (χ0v) is 24.4. The molecule has 0 aliphatic heterocycles. The Balaban J connectivity index is 1.26. The first-order valence-electron chi connectivity index (χ1n) is 14.9. The van der Waals surface area contributed by atoms with E-state index in [-0.39, 0.29) is 11.5 Å². The summed E-state index contributed by atoms with van der Waals surface area (Å²) in [7, 11) is 0. The fourth-order valence-electron chi connectivity index (χ4n) is 6.05. The Morgan fingerprint density at radius 2 is 1.49 bits per heavy atom. The van der Waals surface area contributed by atoms with E-state index in [1.807, 2.05) is 54.7 Å². The van der Waals surface area contributed by atoms with Crippen LogP contribution in [0, 0.1) is 11.3 Å². The molecular weight excluding hydrogens is 558 g/mol. The fourth-order valence-corrected chi connectivity index (χ4v) is 6.05. The van der Waals surface area contributed by atoms with E-state index in [1.54, 1.807) is 30.3 Å². The van der Waals surface area contributed by atoms with Gasteiger partial charge in [-0.25, -0.2) is 4.79 Å². The molecule has 0 unspecified atom stereocenters. The van der Waals surface area contributed by atoms with Crippen molar-refractivity contribution < 1.29 is 14.7 Å². The molecule has 6 nitrogen and oxygen atoms in total. The zero-order chi connectivity index (χ0) is 31.0. The summed E-state index contributed by atoms with van der Waals surface area (Å²) in [6.45, 7) is 0.587. The minimum Gasteiger partial charge on any atom is -0.478 e. The quantitative estimate of drug-likeness (QED) is 0.189. The third-order valence-corrected chi connectivity index (χ3v) is 8.63. The normalized spacial score (nSPS) is 13.2. The third kappa shape index (κ3) is 5.48. The number of hydrogen-bond donors (Lipinski definition) is 2. The Bertz CT molecular complexity index is 2100. The molecule has 45 heavy (non-hydrogen) atoms. The van der Waals surface area contributed by atoms with E-state index in [2.05, 4.69) is 58.4 Å². The van der Waals surface area contributed by atoms with Gasteiger partial charge in [-0.1, -0.05) is 78.9 Å². The summed E-state index contributed by atoms with van der Waals surface area (Å²) in [6.07, 6.45) is 3.56. The largest absolute Gasteiger partial charge is 0.478 e. The number of amides is 1. The summed E-state index contributed by atoms with van der Waals surface area (Å²) in [5.41, 5.74) is 7.63. The number of carbonyl (C=O) groups excluding carboxylic acids is 1. The van der Waals surface area contributed by atoms with Crippen LogP contribution in [0.4, 0.5) is 0 Å². The number of benzene rings is 5. The summed E-state index contributed by atoms with van der Waals surface area (Å²) >= 11 is 0. The highest BCUT2D eigenvalue weighted by atomic mass is 16.4. The van der Waals surface area contributed by atoms with E-state index in [0.717, 1.165) is 57.1 Å². The lowest BCUT2D eigenvalue weighted by molar-refractivity contribution is 0.0696. The van der Waals surface area contributed by atoms with Gasteiger partial charge < -0.3 is 15.0 Å². The van der Waals surface area contributed by atoms with Crippen LogP contribution in [-0.4, -0.2) is 21.6 Å². The molecule has 1 amide bonds. The Hall–Kier alpha value is -5.93. The molecule has 2 N–H and O–H groups in total. The maximum absolute atomic E-state index is 14.2. The van der Waals surface area contributed by atoms with Crippen LogP contribution in [0.25, 0.3) is 33.2 Å². The number of carboxylic acid groups (broad SMARTS) is 1. The molecule has 6 heteroatoms. The predicted octanol–water partition coefficient (Wildman–Crippen LogP) is 8.01. The number of aromatic nitrogens is 1. The third-order valence-electron chi connectivity index (χ3n) is 8.63. The number of nitrogens with zero attached hydrogens (tertiary/aromatic N) is 2. The zero-order valence-electron chi connectivity index (χ0n) is 24.4. The molecule has 1 fully saturated rings. The van der Waals surface area contributed by atoms with Crippen molar-refractivity contribution in [3.05, 3.63) is 155 Å². The lowest BCUT2D eigenvalue weighted by atomic mass is 9.97. The van der Waals surface area contributed by atoms with Crippen molar-refractivity contribution in [3.63, 3.8) is 0 Å². The molecule has 1 aliphatic carbocycles. The monoisotopic (exact) mass is 587 g/mol. The van der Waals surface area contributed by atoms with Crippen LogP contribution >= 0.6 is 0 Å². The van der Waals surface area contributed by atoms with Crippen molar-refractivity contribution in [1.82, 2.24) is 9.88 Å². The molecule has 6 aromatic rings. The minimum absolute atomic E-state index is 0.197. The van der Waals surface area contributed by atoms with Crippen LogP contribution in [0.3, 0.4) is 0 Å². The first kappa shape index (κ1) is 27.9. The first-order chi connectivity index (χ1) is 21.9. The minimum atomic E-state index is -0.981. The van der Waals surface area contributed by atoms with Gasteiger partial charge >= 0.3 is 5.97 Å². The Morgan fingerprint density at radius 1 is 0.778 bits per heavy atom. The second-order valence-corrected chi connectivity index (χ2v) is 11.6. The summed E-state index contributed by atoms with van der Waals surface area (Å²) in [4.78, 5) is 25.6. The number of aromatic carboxylic acids is 1. The Labute approximate surface area is 260 Å². The first-order valence-corrected chi connectivity index (χ1v) is 14.9. The van der Waals surface area contributed by atoms with Gasteiger partial charge in [0.1, 0.15) is 0 Å². The van der Waals surface area contributed by atoms with Crippen LogP contribution in [0.15, 0.2) is 128 Å². The lowest BCUT2D eigenvalue weighted by Gasteiger charge is -2.20. The average molecular weight is 588 g/mol. The number of hydrogen-bond acceptors (Lipinski definition) is 3. The summed E-state index contributed by atoms with van der Waals surface area (Å²) in [5, 5.41) is 23.0. The molecule has 0 bridgehead atoms. The van der Waals surface area contributed by atoms with Crippen LogP contribution in [0.2, 0.25) is 0 Å². The van der Waals surface area contributed by atoms with Crippen LogP contribution in [0.1, 0.15) is 50.2 Å². The number of nitrogens with one attached hydrogen (secondary N) is 1. The molecule has 0 spiro atoms. The number of carbonyl (C=O) groups is 2. The van der Waals surface area contributed by atoms with Gasteiger partial charge in [0.15, 0.2) is 0 Å². The number of carboxylic acids is 1. The topological polar surface area (TPSA) is 95.1 Å². The summed E-state index contributed by atoms with van der Waals surface area (Å²) in [6, 6.07) is 41.1. The van der Waals surface area contributed by atoms with Crippen LogP contribution in [0.5, 0.6) is 0 Å². The van der Waals surface area contributed by atoms with Gasteiger partial charge in [0, 0.05) is 18.1 Å². The van der Waals surface area contributed by atoms with Gasteiger partial charge in [-0.3, -0.25) is 4.79 Å². The van der Waals surface area contributed by atoms with Gasteiger partial charge in [-0.15, -0.1) is 0 Å². The van der Waals surface area contributed by atoms with Crippen molar-refractivity contribution >= 4 is 22.8 Å². The molecular formula is C39H29N3O3. The van der Waals surface area contributed by atoms with Gasteiger partial charge in [0.25, 0.3) is 5.91 Å². The smallest absolute Gasteiger partial charge is 0.335 e. The second-order valence-electron chi connectivity index (χ2n) is 11.6. The van der Waals surface area contributed by atoms with E-state index in [9.17, 15) is 20.0 Å². The predicted molar refractivity (Wildman–Crippen MR) is 175 cm³/mol. The van der Waals surface area contributed by atoms with E-state index in [1.165, 1.54) is 0 Å². The molecule has 218 valence electrons. The number of nitriles is 1. The van der Waals surface area contributed by atoms with Crippen molar-refractivity contribution in [3.8, 4) is 28.3 Å². The molecule has 7 rings (SSSR count). The van der Waals surface area contributed by atoms with Gasteiger partial charge in [-0.2, -0.15) is 5.26 Å².